The number of hydrogen-bond acceptors (Lipinski definition) is 5. The molecule has 0 saturated heterocycles. The Bertz CT molecular complexity index is 792. The predicted octanol–water partition coefficient (Wildman–Crippen LogP) is 3.78. The normalized spacial score (nSPS) is 11.0. The van der Waals surface area contributed by atoms with Crippen LogP contribution in [-0.4, -0.2) is 16.1 Å². The molecular weight excluding hydrogens is 322 g/mol. The van der Waals surface area contributed by atoms with Gasteiger partial charge in [0.1, 0.15) is 6.42 Å². The second-order valence-electron chi connectivity index (χ2n) is 5.86. The summed E-state index contributed by atoms with van der Waals surface area (Å²) in [5, 5.41) is 14.6. The average Bonchev–Trinajstić information content (AvgIpc) is 3.24. The zero-order valence-electron chi connectivity index (χ0n) is 13.7. The summed E-state index contributed by atoms with van der Waals surface area (Å²) < 4.78 is 5.52. The van der Waals surface area contributed by atoms with Crippen LogP contribution < -0.4 is 5.32 Å². The molecule has 6 heteroatoms. The Morgan fingerprint density at radius 2 is 2.00 bits per heavy atom. The molecule has 124 valence electrons. The summed E-state index contributed by atoms with van der Waals surface area (Å²) in [6, 6.07) is 10.2. The first-order valence-corrected chi connectivity index (χ1v) is 8.76. The van der Waals surface area contributed by atoms with Gasteiger partial charge in [-0.1, -0.05) is 38.1 Å². The van der Waals surface area contributed by atoms with Gasteiger partial charge >= 0.3 is 0 Å². The Morgan fingerprint density at radius 1 is 1.21 bits per heavy atom. The van der Waals surface area contributed by atoms with Crippen LogP contribution in [0, 0.1) is 0 Å². The highest BCUT2D eigenvalue weighted by atomic mass is 32.1. The van der Waals surface area contributed by atoms with Crippen molar-refractivity contribution in [2.24, 2.45) is 0 Å². The van der Waals surface area contributed by atoms with Gasteiger partial charge in [0.2, 0.25) is 17.7 Å². The van der Waals surface area contributed by atoms with E-state index in [-0.39, 0.29) is 12.3 Å². The lowest BCUT2D eigenvalue weighted by atomic mass is 10.0. The topological polar surface area (TPSA) is 68.0 Å². The van der Waals surface area contributed by atoms with Crippen molar-refractivity contribution in [1.82, 2.24) is 15.5 Å². The fourth-order valence-corrected chi connectivity index (χ4v) is 2.88. The van der Waals surface area contributed by atoms with Gasteiger partial charge in [0.25, 0.3) is 0 Å². The number of amides is 1. The number of aromatic nitrogens is 2. The molecule has 5 nitrogen and oxygen atoms in total. The quantitative estimate of drug-likeness (QED) is 0.741. The van der Waals surface area contributed by atoms with Gasteiger partial charge in [0.05, 0.1) is 0 Å². The van der Waals surface area contributed by atoms with Gasteiger partial charge in [-0.3, -0.25) is 4.79 Å². The van der Waals surface area contributed by atoms with E-state index in [1.54, 1.807) is 11.3 Å². The Labute approximate surface area is 144 Å². The van der Waals surface area contributed by atoms with Crippen LogP contribution in [0.3, 0.4) is 0 Å². The second-order valence-corrected chi connectivity index (χ2v) is 6.64. The van der Waals surface area contributed by atoms with Crippen LogP contribution in [0.2, 0.25) is 0 Å². The van der Waals surface area contributed by atoms with Gasteiger partial charge in [-0.2, -0.15) is 11.3 Å². The van der Waals surface area contributed by atoms with Crippen LogP contribution in [-0.2, 0) is 17.8 Å². The lowest BCUT2D eigenvalue weighted by Crippen LogP contribution is -2.24. The van der Waals surface area contributed by atoms with Crippen molar-refractivity contribution in [3.8, 4) is 11.5 Å². The van der Waals surface area contributed by atoms with Crippen LogP contribution in [0.4, 0.5) is 0 Å². The molecule has 0 spiro atoms. The largest absolute Gasteiger partial charge is 0.420 e. The number of hydrogen-bond donors (Lipinski definition) is 1. The van der Waals surface area contributed by atoms with E-state index in [1.807, 2.05) is 29.0 Å². The third kappa shape index (κ3) is 4.08. The zero-order valence-corrected chi connectivity index (χ0v) is 14.5. The maximum atomic E-state index is 12.0. The van der Waals surface area contributed by atoms with E-state index >= 15 is 0 Å². The summed E-state index contributed by atoms with van der Waals surface area (Å²) in [6.07, 6.45) is 0.0845. The minimum atomic E-state index is -0.136. The first-order valence-electron chi connectivity index (χ1n) is 7.82. The van der Waals surface area contributed by atoms with Crippen LogP contribution in [0.25, 0.3) is 11.5 Å². The maximum Gasteiger partial charge on any atom is 0.248 e. The molecule has 0 unspecified atom stereocenters. The average molecular weight is 341 g/mol. The number of carbonyl (C=O) groups is 1. The Balaban J connectivity index is 1.52. The lowest BCUT2D eigenvalue weighted by Gasteiger charge is -2.07. The van der Waals surface area contributed by atoms with E-state index in [9.17, 15) is 4.79 Å². The summed E-state index contributed by atoms with van der Waals surface area (Å²) in [7, 11) is 0. The number of rotatable bonds is 6. The number of carbonyl (C=O) groups excluding carboxylic acids is 1. The third-order valence-corrected chi connectivity index (χ3v) is 4.37. The van der Waals surface area contributed by atoms with E-state index in [0.29, 0.717) is 24.2 Å². The Morgan fingerprint density at radius 3 is 2.67 bits per heavy atom. The molecule has 0 fully saturated rings. The van der Waals surface area contributed by atoms with Crippen molar-refractivity contribution in [2.75, 3.05) is 0 Å². The maximum absolute atomic E-state index is 12.0. The minimum absolute atomic E-state index is 0.0845. The van der Waals surface area contributed by atoms with Crippen LogP contribution in [0.1, 0.15) is 36.8 Å². The van der Waals surface area contributed by atoms with Crippen molar-refractivity contribution in [3.63, 3.8) is 0 Å². The Hall–Kier alpha value is -2.47. The van der Waals surface area contributed by atoms with E-state index in [0.717, 1.165) is 11.1 Å². The summed E-state index contributed by atoms with van der Waals surface area (Å²) >= 11 is 1.56. The van der Waals surface area contributed by atoms with Crippen molar-refractivity contribution in [3.05, 3.63) is 58.1 Å². The molecule has 0 aliphatic heterocycles. The van der Waals surface area contributed by atoms with E-state index in [1.165, 1.54) is 5.56 Å². The molecule has 0 aliphatic rings. The number of benzene rings is 1. The Kier molecular flexibility index (Phi) is 5.05. The molecule has 0 atom stereocenters. The molecule has 0 saturated carbocycles. The highest BCUT2D eigenvalue weighted by Gasteiger charge is 2.12. The van der Waals surface area contributed by atoms with Gasteiger partial charge in [0, 0.05) is 17.5 Å². The van der Waals surface area contributed by atoms with Crippen LogP contribution in [0.15, 0.2) is 45.5 Å². The van der Waals surface area contributed by atoms with Crippen molar-refractivity contribution in [1.29, 1.82) is 0 Å². The fraction of sp³-hybridized carbons (Fsp3) is 0.278. The van der Waals surface area contributed by atoms with Crippen LogP contribution >= 0.6 is 11.3 Å². The summed E-state index contributed by atoms with van der Waals surface area (Å²) in [6.45, 7) is 4.81. The first kappa shape index (κ1) is 16.4. The molecule has 2 heterocycles. The zero-order chi connectivity index (χ0) is 16.9. The molecule has 1 aromatic carbocycles. The standard InChI is InChI=1S/C18H19N3O2S/c1-12(2)14-5-3-13(4-6-14)10-19-16(22)9-17-20-21-18(23-17)15-7-8-24-11-15/h3-8,11-12H,9-10H2,1-2H3,(H,19,22). The van der Waals surface area contributed by atoms with Crippen LogP contribution in [0.5, 0.6) is 0 Å². The lowest BCUT2D eigenvalue weighted by molar-refractivity contribution is -0.120. The number of thiophene rings is 1. The monoisotopic (exact) mass is 341 g/mol. The molecule has 2 aromatic heterocycles. The number of nitrogens with zero attached hydrogens (tertiary/aromatic N) is 2. The molecule has 3 aromatic rings. The summed E-state index contributed by atoms with van der Waals surface area (Å²) in [5.74, 6) is 1.14. The molecule has 0 radical (unpaired) electrons. The van der Waals surface area contributed by atoms with Gasteiger partial charge < -0.3 is 9.73 Å². The van der Waals surface area contributed by atoms with Gasteiger partial charge in [0.15, 0.2) is 0 Å². The molecule has 24 heavy (non-hydrogen) atoms. The molecule has 0 aliphatic carbocycles. The summed E-state index contributed by atoms with van der Waals surface area (Å²) in [5.41, 5.74) is 3.23. The minimum Gasteiger partial charge on any atom is -0.420 e. The molecular formula is C18H19N3O2S. The molecule has 3 rings (SSSR count). The van der Waals surface area contributed by atoms with E-state index < -0.39 is 0 Å². The van der Waals surface area contributed by atoms with Gasteiger partial charge in [-0.15, -0.1) is 10.2 Å². The van der Waals surface area contributed by atoms with E-state index in [2.05, 4.69) is 41.5 Å². The highest BCUT2D eigenvalue weighted by molar-refractivity contribution is 7.08. The van der Waals surface area contributed by atoms with Gasteiger partial charge in [-0.25, -0.2) is 0 Å². The third-order valence-electron chi connectivity index (χ3n) is 3.68. The van der Waals surface area contributed by atoms with Crippen molar-refractivity contribution < 1.29 is 9.21 Å². The first-order chi connectivity index (χ1) is 11.6. The van der Waals surface area contributed by atoms with E-state index in [4.69, 9.17) is 4.42 Å². The smallest absolute Gasteiger partial charge is 0.248 e. The number of nitrogens with one attached hydrogen (secondary N) is 1. The SMILES string of the molecule is CC(C)c1ccc(CNC(=O)Cc2nnc(-c3ccsc3)o2)cc1. The summed E-state index contributed by atoms with van der Waals surface area (Å²) in [4.78, 5) is 12.0. The highest BCUT2D eigenvalue weighted by Crippen LogP contribution is 2.20. The van der Waals surface area contributed by atoms with Crippen molar-refractivity contribution >= 4 is 17.2 Å². The predicted molar refractivity (Wildman–Crippen MR) is 93.7 cm³/mol. The molecule has 1 amide bonds. The molecule has 0 bridgehead atoms. The molecule has 1 N–H and O–H groups in total. The van der Waals surface area contributed by atoms with Crippen molar-refractivity contribution in [2.45, 2.75) is 32.7 Å². The fourth-order valence-electron chi connectivity index (χ4n) is 2.25. The second kappa shape index (κ2) is 7.40. The van der Waals surface area contributed by atoms with Gasteiger partial charge in [-0.05, 0) is 28.5 Å².